The molecule has 0 fully saturated rings. The van der Waals surface area contributed by atoms with Crippen molar-refractivity contribution in [3.8, 4) is 5.75 Å². The molecule has 2 rings (SSSR count). The van der Waals surface area contributed by atoms with Crippen molar-refractivity contribution in [1.29, 1.82) is 0 Å². The van der Waals surface area contributed by atoms with Gasteiger partial charge in [-0.1, -0.05) is 12.1 Å². The minimum atomic E-state index is -4.71. The maximum absolute atomic E-state index is 12.0. The molecule has 1 unspecified atom stereocenters. The van der Waals surface area contributed by atoms with E-state index < -0.39 is 12.5 Å². The summed E-state index contributed by atoms with van der Waals surface area (Å²) >= 11 is 0. The third-order valence-electron chi connectivity index (χ3n) is 2.74. The molecular formula is C13H13F3O3. The fourth-order valence-corrected chi connectivity index (χ4v) is 1.85. The predicted molar refractivity (Wildman–Crippen MR) is 61.4 cm³/mol. The molecule has 0 spiro atoms. The molecule has 1 heterocycles. The van der Waals surface area contributed by atoms with Crippen molar-refractivity contribution in [2.45, 2.75) is 25.3 Å². The van der Waals surface area contributed by atoms with Crippen LogP contribution < -0.4 is 4.74 Å². The van der Waals surface area contributed by atoms with E-state index in [4.69, 9.17) is 4.74 Å². The van der Waals surface area contributed by atoms with Crippen LogP contribution in [0.5, 0.6) is 5.75 Å². The number of aliphatic hydroxyl groups is 1. The van der Waals surface area contributed by atoms with Gasteiger partial charge >= 0.3 is 6.36 Å². The summed E-state index contributed by atoms with van der Waals surface area (Å²) in [6, 6.07) is 5.16. The first-order valence-electron chi connectivity index (χ1n) is 5.80. The molecule has 0 saturated heterocycles. The average molecular weight is 274 g/mol. The van der Waals surface area contributed by atoms with Crippen LogP contribution in [-0.4, -0.2) is 18.1 Å². The molecule has 1 aromatic rings. The van der Waals surface area contributed by atoms with E-state index in [1.54, 1.807) is 0 Å². The molecule has 6 heteroatoms. The number of benzene rings is 1. The normalized spacial score (nSPS) is 17.4. The van der Waals surface area contributed by atoms with Gasteiger partial charge < -0.3 is 14.6 Å². The maximum Gasteiger partial charge on any atom is 0.573 e. The predicted octanol–water partition coefficient (Wildman–Crippen LogP) is 3.31. The zero-order valence-corrected chi connectivity index (χ0v) is 9.98. The van der Waals surface area contributed by atoms with E-state index in [9.17, 15) is 18.3 Å². The third-order valence-corrected chi connectivity index (χ3v) is 2.74. The van der Waals surface area contributed by atoms with Crippen LogP contribution >= 0.6 is 0 Å². The second-order valence-corrected chi connectivity index (χ2v) is 4.19. The molecule has 0 radical (unpaired) electrons. The van der Waals surface area contributed by atoms with Gasteiger partial charge in [0.1, 0.15) is 11.9 Å². The topological polar surface area (TPSA) is 38.7 Å². The number of aliphatic hydroxyl groups excluding tert-OH is 1. The van der Waals surface area contributed by atoms with Crippen molar-refractivity contribution in [2.24, 2.45) is 0 Å². The summed E-state index contributed by atoms with van der Waals surface area (Å²) in [5.41, 5.74) is 1.22. The molecule has 0 amide bonds. The van der Waals surface area contributed by atoms with Crippen molar-refractivity contribution in [1.82, 2.24) is 0 Å². The average Bonchev–Trinajstić information content (AvgIpc) is 2.38. The molecular weight excluding hydrogens is 261 g/mol. The molecule has 1 atom stereocenters. The Morgan fingerprint density at radius 1 is 1.21 bits per heavy atom. The van der Waals surface area contributed by atoms with Crippen LogP contribution in [-0.2, 0) is 4.74 Å². The summed E-state index contributed by atoms with van der Waals surface area (Å²) in [5.74, 6) is -0.308. The molecule has 0 aromatic heterocycles. The van der Waals surface area contributed by atoms with Crippen LogP contribution in [0.2, 0.25) is 0 Å². The van der Waals surface area contributed by atoms with E-state index in [2.05, 4.69) is 4.74 Å². The van der Waals surface area contributed by atoms with Gasteiger partial charge in [-0.2, -0.15) is 0 Å². The first-order chi connectivity index (χ1) is 8.96. The lowest BCUT2D eigenvalue weighted by atomic mass is 9.98. The summed E-state index contributed by atoms with van der Waals surface area (Å²) in [4.78, 5) is 0. The fraction of sp³-hybridized carbons (Fsp3) is 0.385. The van der Waals surface area contributed by atoms with Crippen LogP contribution in [0.4, 0.5) is 13.2 Å². The highest BCUT2D eigenvalue weighted by atomic mass is 19.4. The molecule has 1 N–H and O–H groups in total. The van der Waals surface area contributed by atoms with Crippen molar-refractivity contribution in [2.75, 3.05) is 6.61 Å². The Balaban J connectivity index is 2.07. The highest BCUT2D eigenvalue weighted by Gasteiger charge is 2.31. The fourth-order valence-electron chi connectivity index (χ4n) is 1.85. The largest absolute Gasteiger partial charge is 0.573 e. The molecule has 0 aliphatic carbocycles. The van der Waals surface area contributed by atoms with Gasteiger partial charge in [-0.05, 0) is 36.1 Å². The zero-order valence-electron chi connectivity index (χ0n) is 9.98. The Kier molecular flexibility index (Phi) is 3.99. The van der Waals surface area contributed by atoms with Gasteiger partial charge in [-0.3, -0.25) is 0 Å². The van der Waals surface area contributed by atoms with E-state index in [1.807, 2.05) is 0 Å². The molecule has 1 aromatic carbocycles. The van der Waals surface area contributed by atoms with E-state index in [0.717, 1.165) is 12.0 Å². The second-order valence-electron chi connectivity index (χ2n) is 4.19. The van der Waals surface area contributed by atoms with E-state index in [0.29, 0.717) is 18.6 Å². The number of alkyl halides is 3. The summed E-state index contributed by atoms with van der Waals surface area (Å²) < 4.78 is 44.9. The van der Waals surface area contributed by atoms with Gasteiger partial charge in [0.05, 0.1) is 12.9 Å². The number of rotatable bonds is 3. The molecule has 0 saturated carbocycles. The Labute approximate surface area is 108 Å². The Morgan fingerprint density at radius 3 is 2.42 bits per heavy atom. The molecule has 19 heavy (non-hydrogen) atoms. The monoisotopic (exact) mass is 274 g/mol. The lowest BCUT2D eigenvalue weighted by Gasteiger charge is -2.19. The van der Waals surface area contributed by atoms with Gasteiger partial charge in [0.15, 0.2) is 0 Å². The zero-order chi connectivity index (χ0) is 13.9. The number of ether oxygens (including phenoxy) is 2. The minimum Gasteiger partial charge on any atom is -0.501 e. The van der Waals surface area contributed by atoms with Crippen LogP contribution in [0.1, 0.15) is 24.5 Å². The van der Waals surface area contributed by atoms with Crippen molar-refractivity contribution in [3.63, 3.8) is 0 Å². The van der Waals surface area contributed by atoms with Crippen LogP contribution in [0.25, 0.3) is 0 Å². The highest BCUT2D eigenvalue weighted by Crippen LogP contribution is 2.29. The van der Waals surface area contributed by atoms with Crippen molar-refractivity contribution < 1.29 is 27.8 Å². The van der Waals surface area contributed by atoms with Gasteiger partial charge in [0.25, 0.3) is 0 Å². The first-order valence-corrected chi connectivity index (χ1v) is 5.80. The number of halogens is 3. The Bertz CT molecular complexity index is 451. The van der Waals surface area contributed by atoms with Gasteiger partial charge in [0, 0.05) is 0 Å². The second kappa shape index (κ2) is 5.52. The van der Waals surface area contributed by atoms with E-state index in [-0.39, 0.29) is 5.75 Å². The summed E-state index contributed by atoms with van der Waals surface area (Å²) in [7, 11) is 0. The first kappa shape index (κ1) is 13.7. The summed E-state index contributed by atoms with van der Waals surface area (Å²) in [6.07, 6.45) is -2.53. The molecule has 1 aliphatic rings. The van der Waals surface area contributed by atoms with Crippen LogP contribution in [0.3, 0.4) is 0 Å². The van der Waals surface area contributed by atoms with Gasteiger partial charge in [-0.25, -0.2) is 0 Å². The van der Waals surface area contributed by atoms with Gasteiger partial charge in [-0.15, -0.1) is 13.2 Å². The number of hydrogen-bond donors (Lipinski definition) is 1. The maximum atomic E-state index is 12.0. The molecule has 3 nitrogen and oxygen atoms in total. The minimum absolute atomic E-state index is 0.308. The van der Waals surface area contributed by atoms with Crippen LogP contribution in [0, 0.1) is 0 Å². The summed E-state index contributed by atoms with van der Waals surface area (Å²) in [5, 5.41) is 10.1. The summed E-state index contributed by atoms with van der Waals surface area (Å²) in [6.45, 7) is 0.620. The van der Waals surface area contributed by atoms with Crippen molar-refractivity contribution in [3.05, 3.63) is 41.7 Å². The Morgan fingerprint density at radius 2 is 1.89 bits per heavy atom. The SMILES string of the molecule is OC(C1=COCCC1)c1ccc(OC(F)(F)F)cc1. The lowest BCUT2D eigenvalue weighted by Crippen LogP contribution is -2.17. The van der Waals surface area contributed by atoms with Crippen LogP contribution in [0.15, 0.2) is 36.1 Å². The highest BCUT2D eigenvalue weighted by molar-refractivity contribution is 5.32. The lowest BCUT2D eigenvalue weighted by molar-refractivity contribution is -0.274. The third kappa shape index (κ3) is 3.89. The molecule has 0 bridgehead atoms. The van der Waals surface area contributed by atoms with E-state index in [1.165, 1.54) is 30.5 Å². The quantitative estimate of drug-likeness (QED) is 0.919. The van der Waals surface area contributed by atoms with Crippen molar-refractivity contribution >= 4 is 0 Å². The van der Waals surface area contributed by atoms with E-state index >= 15 is 0 Å². The van der Waals surface area contributed by atoms with Gasteiger partial charge in [0.2, 0.25) is 0 Å². The molecule has 104 valence electrons. The Hall–Kier alpha value is -1.69. The molecule has 1 aliphatic heterocycles. The number of hydrogen-bond acceptors (Lipinski definition) is 3. The smallest absolute Gasteiger partial charge is 0.501 e. The standard InChI is InChI=1S/C13H13F3O3/c14-13(15,16)19-11-5-3-9(4-6-11)12(17)10-2-1-7-18-8-10/h3-6,8,12,17H,1-2,7H2.